The number of halogens is 2. The van der Waals surface area contributed by atoms with Crippen molar-refractivity contribution >= 4 is 0 Å². The lowest BCUT2D eigenvalue weighted by atomic mass is 9.95. The fourth-order valence-electron chi connectivity index (χ4n) is 2.57. The zero-order chi connectivity index (χ0) is 15.2. The molecular formula is C18H21F2N. The molecule has 2 rings (SSSR count). The minimum absolute atomic E-state index is 0.331. The van der Waals surface area contributed by atoms with Gasteiger partial charge < -0.3 is 5.32 Å². The van der Waals surface area contributed by atoms with Crippen LogP contribution in [0.25, 0.3) is 0 Å². The second-order valence-electron chi connectivity index (χ2n) is 5.13. The van der Waals surface area contributed by atoms with Gasteiger partial charge in [0, 0.05) is 5.56 Å². The Labute approximate surface area is 125 Å². The van der Waals surface area contributed by atoms with E-state index >= 15 is 0 Å². The zero-order valence-electron chi connectivity index (χ0n) is 12.5. The largest absolute Gasteiger partial charge is 0.306 e. The Hall–Kier alpha value is -1.74. The predicted molar refractivity (Wildman–Crippen MR) is 82.3 cm³/mol. The second-order valence-corrected chi connectivity index (χ2v) is 5.13. The van der Waals surface area contributed by atoms with Gasteiger partial charge in [0.2, 0.25) is 0 Å². The van der Waals surface area contributed by atoms with Crippen molar-refractivity contribution in [3.8, 4) is 0 Å². The highest BCUT2D eigenvalue weighted by Gasteiger charge is 2.19. The fourth-order valence-corrected chi connectivity index (χ4v) is 2.57. The number of hydrogen-bond acceptors (Lipinski definition) is 1. The quantitative estimate of drug-likeness (QED) is 0.818. The van der Waals surface area contributed by atoms with Gasteiger partial charge in [-0.1, -0.05) is 56.7 Å². The smallest absolute Gasteiger partial charge is 0.163 e. The summed E-state index contributed by atoms with van der Waals surface area (Å²) >= 11 is 0. The van der Waals surface area contributed by atoms with Gasteiger partial charge in [-0.05, 0) is 30.2 Å². The summed E-state index contributed by atoms with van der Waals surface area (Å²) in [5.74, 6) is -1.58. The Kier molecular flexibility index (Phi) is 5.45. The molecule has 1 unspecified atom stereocenters. The predicted octanol–water partition coefficient (Wildman–Crippen LogP) is 4.62. The lowest BCUT2D eigenvalue weighted by Crippen LogP contribution is -2.23. The first kappa shape index (κ1) is 15.6. The summed E-state index contributed by atoms with van der Waals surface area (Å²) < 4.78 is 27.6. The molecule has 2 aromatic rings. The molecular weight excluding hydrogens is 268 g/mol. The van der Waals surface area contributed by atoms with Crippen molar-refractivity contribution in [2.24, 2.45) is 0 Å². The number of nitrogens with one attached hydrogen (secondary N) is 1. The average molecular weight is 289 g/mol. The summed E-state index contributed by atoms with van der Waals surface area (Å²) in [4.78, 5) is 0. The molecule has 0 amide bonds. The van der Waals surface area contributed by atoms with Crippen molar-refractivity contribution in [1.82, 2.24) is 5.32 Å². The van der Waals surface area contributed by atoms with Crippen LogP contribution in [-0.4, -0.2) is 6.54 Å². The topological polar surface area (TPSA) is 12.0 Å². The molecule has 1 nitrogen and oxygen atoms in total. The summed E-state index contributed by atoms with van der Waals surface area (Å²) in [5.41, 5.74) is 2.53. The van der Waals surface area contributed by atoms with Crippen LogP contribution in [0.4, 0.5) is 8.78 Å². The van der Waals surface area contributed by atoms with Gasteiger partial charge in [0.25, 0.3) is 0 Å². The molecule has 0 aliphatic heterocycles. The minimum Gasteiger partial charge on any atom is -0.306 e. The molecule has 0 aromatic heterocycles. The van der Waals surface area contributed by atoms with Gasteiger partial charge in [0.1, 0.15) is 0 Å². The van der Waals surface area contributed by atoms with Crippen LogP contribution in [0.1, 0.15) is 43.0 Å². The van der Waals surface area contributed by atoms with Crippen LogP contribution in [0.5, 0.6) is 0 Å². The number of aryl methyl sites for hydroxylation is 1. The van der Waals surface area contributed by atoms with Gasteiger partial charge in [0.15, 0.2) is 11.6 Å². The fraction of sp³-hybridized carbons (Fsp3) is 0.333. The molecule has 0 aliphatic rings. The molecule has 0 spiro atoms. The lowest BCUT2D eigenvalue weighted by molar-refractivity contribution is 0.483. The van der Waals surface area contributed by atoms with Crippen LogP contribution in [0.2, 0.25) is 0 Å². The van der Waals surface area contributed by atoms with Crippen molar-refractivity contribution in [2.45, 2.75) is 32.7 Å². The van der Waals surface area contributed by atoms with E-state index in [1.807, 2.05) is 19.1 Å². The van der Waals surface area contributed by atoms with Crippen molar-refractivity contribution < 1.29 is 8.78 Å². The summed E-state index contributed by atoms with van der Waals surface area (Å²) in [6.45, 7) is 4.76. The van der Waals surface area contributed by atoms with Crippen molar-refractivity contribution in [2.75, 3.05) is 6.54 Å². The highest BCUT2D eigenvalue weighted by Crippen LogP contribution is 2.26. The van der Waals surface area contributed by atoms with Crippen LogP contribution in [0.3, 0.4) is 0 Å². The molecule has 0 fully saturated rings. The molecule has 112 valence electrons. The number of hydrogen-bond donors (Lipinski definition) is 1. The Morgan fingerprint density at radius 3 is 2.52 bits per heavy atom. The molecule has 0 radical (unpaired) electrons. The molecule has 1 N–H and O–H groups in total. The molecule has 0 saturated carbocycles. The third kappa shape index (κ3) is 3.67. The maximum Gasteiger partial charge on any atom is 0.163 e. The normalized spacial score (nSPS) is 12.4. The van der Waals surface area contributed by atoms with E-state index in [0.717, 1.165) is 24.5 Å². The molecule has 0 aliphatic carbocycles. The lowest BCUT2D eigenvalue weighted by Gasteiger charge is -2.20. The van der Waals surface area contributed by atoms with Crippen LogP contribution in [0, 0.1) is 11.6 Å². The Morgan fingerprint density at radius 2 is 1.81 bits per heavy atom. The number of rotatable bonds is 6. The van der Waals surface area contributed by atoms with Crippen molar-refractivity contribution in [3.05, 3.63) is 70.8 Å². The third-order valence-corrected chi connectivity index (χ3v) is 3.52. The first-order valence-electron chi connectivity index (χ1n) is 7.43. The van der Waals surface area contributed by atoms with Gasteiger partial charge in [-0.15, -0.1) is 0 Å². The van der Waals surface area contributed by atoms with E-state index < -0.39 is 11.6 Å². The van der Waals surface area contributed by atoms with Gasteiger partial charge in [-0.25, -0.2) is 8.78 Å². The maximum absolute atomic E-state index is 14.1. The van der Waals surface area contributed by atoms with E-state index in [1.54, 1.807) is 12.1 Å². The molecule has 0 saturated heterocycles. The Morgan fingerprint density at radius 1 is 1.05 bits per heavy atom. The summed E-state index contributed by atoms with van der Waals surface area (Å²) in [7, 11) is 0. The van der Waals surface area contributed by atoms with Gasteiger partial charge in [-0.2, -0.15) is 0 Å². The van der Waals surface area contributed by atoms with Gasteiger partial charge in [-0.3, -0.25) is 0 Å². The van der Waals surface area contributed by atoms with E-state index in [1.165, 1.54) is 5.56 Å². The highest BCUT2D eigenvalue weighted by atomic mass is 19.2. The van der Waals surface area contributed by atoms with Gasteiger partial charge in [0.05, 0.1) is 6.04 Å². The van der Waals surface area contributed by atoms with Crippen LogP contribution in [0.15, 0.2) is 42.5 Å². The van der Waals surface area contributed by atoms with Crippen molar-refractivity contribution in [1.29, 1.82) is 0 Å². The summed E-state index contributed by atoms with van der Waals surface area (Å²) in [5, 5.41) is 3.25. The average Bonchev–Trinajstić information content (AvgIpc) is 2.49. The van der Waals surface area contributed by atoms with E-state index in [2.05, 4.69) is 24.4 Å². The first-order valence-corrected chi connectivity index (χ1v) is 7.43. The van der Waals surface area contributed by atoms with Crippen LogP contribution >= 0.6 is 0 Å². The molecule has 3 heteroatoms. The Bertz CT molecular complexity index is 596. The molecule has 0 bridgehead atoms. The summed E-state index contributed by atoms with van der Waals surface area (Å²) in [6.07, 6.45) is 2.04. The molecule has 2 aromatic carbocycles. The monoisotopic (exact) mass is 289 g/mol. The van der Waals surface area contributed by atoms with Crippen LogP contribution in [-0.2, 0) is 6.42 Å². The van der Waals surface area contributed by atoms with Crippen LogP contribution < -0.4 is 5.32 Å². The molecule has 1 atom stereocenters. The van der Waals surface area contributed by atoms with Gasteiger partial charge >= 0.3 is 0 Å². The standard InChI is InChI=1S/C18H21F2N/c1-3-7-13-8-5-9-14(12-13)18(21-4-2)15-10-6-11-16(19)17(15)20/h5-6,8-12,18,21H,3-4,7H2,1-2H3. The molecule has 21 heavy (non-hydrogen) atoms. The number of benzene rings is 2. The van der Waals surface area contributed by atoms with E-state index in [4.69, 9.17) is 0 Å². The molecule has 0 heterocycles. The summed E-state index contributed by atoms with van der Waals surface area (Å²) in [6, 6.07) is 12.1. The first-order chi connectivity index (χ1) is 10.2. The SMILES string of the molecule is CCCc1cccc(C(NCC)c2cccc(F)c2F)c1. The third-order valence-electron chi connectivity index (χ3n) is 3.52. The minimum atomic E-state index is -0.805. The second kappa shape index (κ2) is 7.32. The van der Waals surface area contributed by atoms with E-state index in [-0.39, 0.29) is 6.04 Å². The maximum atomic E-state index is 14.1. The van der Waals surface area contributed by atoms with E-state index in [0.29, 0.717) is 12.1 Å². The highest BCUT2D eigenvalue weighted by molar-refractivity contribution is 5.35. The Balaban J connectivity index is 2.43. The van der Waals surface area contributed by atoms with Crippen molar-refractivity contribution in [3.63, 3.8) is 0 Å². The zero-order valence-corrected chi connectivity index (χ0v) is 12.5. The van der Waals surface area contributed by atoms with E-state index in [9.17, 15) is 8.78 Å².